The van der Waals surface area contributed by atoms with E-state index in [-0.39, 0.29) is 5.82 Å². The van der Waals surface area contributed by atoms with Gasteiger partial charge in [-0.3, -0.25) is 4.98 Å². The number of aromatic nitrogens is 3. The van der Waals surface area contributed by atoms with E-state index in [0.29, 0.717) is 0 Å². The van der Waals surface area contributed by atoms with Gasteiger partial charge in [0.2, 0.25) is 0 Å². The Morgan fingerprint density at radius 2 is 1.63 bits per heavy atom. The average Bonchev–Trinajstić information content (AvgIpc) is 3.09. The summed E-state index contributed by atoms with van der Waals surface area (Å²) in [6.45, 7) is 0. The van der Waals surface area contributed by atoms with Crippen molar-refractivity contribution in [3.8, 4) is 16.9 Å². The Morgan fingerprint density at radius 1 is 0.852 bits per heavy atom. The summed E-state index contributed by atoms with van der Waals surface area (Å²) in [6, 6.07) is 22.5. The predicted molar refractivity (Wildman–Crippen MR) is 109 cm³/mol. The fourth-order valence-corrected chi connectivity index (χ4v) is 3.60. The highest BCUT2D eigenvalue weighted by Crippen LogP contribution is 2.34. The van der Waals surface area contributed by atoms with E-state index in [1.54, 1.807) is 6.07 Å². The van der Waals surface area contributed by atoms with E-state index in [1.165, 1.54) is 12.1 Å². The summed E-state index contributed by atoms with van der Waals surface area (Å²) in [7, 11) is 0. The van der Waals surface area contributed by atoms with Crippen LogP contribution in [-0.4, -0.2) is 14.8 Å². The van der Waals surface area contributed by atoms with Crippen LogP contribution in [0.2, 0.25) is 0 Å². The Kier molecular flexibility index (Phi) is 3.76. The number of hydrogen-bond acceptors (Lipinski definition) is 2. The van der Waals surface area contributed by atoms with Crippen LogP contribution >= 0.6 is 15.9 Å². The normalized spacial score (nSPS) is 11.3. The minimum Gasteiger partial charge on any atom is -0.255 e. The van der Waals surface area contributed by atoms with Crippen LogP contribution in [0, 0.1) is 5.82 Å². The summed E-state index contributed by atoms with van der Waals surface area (Å²) in [4.78, 5) is 4.53. The number of fused-ring (bicyclic) bond motifs is 3. The third kappa shape index (κ3) is 2.71. The van der Waals surface area contributed by atoms with E-state index in [9.17, 15) is 4.39 Å². The van der Waals surface area contributed by atoms with Gasteiger partial charge in [-0.15, -0.1) is 0 Å². The molecule has 5 aromatic rings. The minimum atomic E-state index is -0.289. The van der Waals surface area contributed by atoms with Crippen LogP contribution < -0.4 is 0 Å². The minimum absolute atomic E-state index is 0.289. The summed E-state index contributed by atoms with van der Waals surface area (Å²) >= 11 is 3.47. The van der Waals surface area contributed by atoms with Gasteiger partial charge in [0, 0.05) is 27.0 Å². The van der Waals surface area contributed by atoms with E-state index in [1.807, 2.05) is 65.5 Å². The van der Waals surface area contributed by atoms with Gasteiger partial charge in [0.25, 0.3) is 0 Å². The first-order valence-electron chi connectivity index (χ1n) is 8.49. The third-order valence-electron chi connectivity index (χ3n) is 4.59. The first-order chi connectivity index (χ1) is 13.2. The second kappa shape index (κ2) is 6.28. The number of halogens is 2. The predicted octanol–water partition coefficient (Wildman–Crippen LogP) is 6.14. The van der Waals surface area contributed by atoms with E-state index in [2.05, 4.69) is 20.9 Å². The lowest BCUT2D eigenvalue weighted by atomic mass is 10.1. The molecular formula is C22H13BrFN3. The molecule has 0 bridgehead atoms. The molecule has 2 heterocycles. The largest absolute Gasteiger partial charge is 0.255 e. The van der Waals surface area contributed by atoms with E-state index >= 15 is 0 Å². The van der Waals surface area contributed by atoms with Gasteiger partial charge in [0.05, 0.1) is 16.7 Å². The lowest BCUT2D eigenvalue weighted by Crippen LogP contribution is -1.97. The first kappa shape index (κ1) is 16.1. The number of rotatable bonds is 2. The fourth-order valence-electron chi connectivity index (χ4n) is 3.33. The summed E-state index contributed by atoms with van der Waals surface area (Å²) in [5.74, 6) is -0.289. The number of pyridine rings is 1. The molecule has 0 spiro atoms. The maximum atomic E-state index is 14.0. The van der Waals surface area contributed by atoms with Crippen molar-refractivity contribution >= 4 is 37.7 Å². The maximum Gasteiger partial charge on any atom is 0.124 e. The van der Waals surface area contributed by atoms with Crippen molar-refractivity contribution < 1.29 is 4.39 Å². The van der Waals surface area contributed by atoms with E-state index in [0.717, 1.165) is 43.2 Å². The van der Waals surface area contributed by atoms with Crippen molar-refractivity contribution in [2.45, 2.75) is 0 Å². The highest BCUT2D eigenvalue weighted by Gasteiger charge is 2.17. The molecule has 0 saturated heterocycles. The smallest absolute Gasteiger partial charge is 0.124 e. The topological polar surface area (TPSA) is 30.7 Å². The van der Waals surface area contributed by atoms with E-state index < -0.39 is 0 Å². The molecule has 0 aliphatic rings. The number of para-hydroxylation sites is 1. The zero-order valence-corrected chi connectivity index (χ0v) is 15.7. The van der Waals surface area contributed by atoms with Crippen LogP contribution in [0.3, 0.4) is 0 Å². The van der Waals surface area contributed by atoms with Crippen LogP contribution in [0.15, 0.2) is 83.5 Å². The number of nitrogens with zero attached hydrogens (tertiary/aromatic N) is 3. The quantitative estimate of drug-likeness (QED) is 0.345. The number of hydrogen-bond donors (Lipinski definition) is 0. The molecule has 2 aromatic heterocycles. The van der Waals surface area contributed by atoms with Gasteiger partial charge in [-0.2, -0.15) is 5.10 Å². The zero-order chi connectivity index (χ0) is 18.4. The van der Waals surface area contributed by atoms with Gasteiger partial charge >= 0.3 is 0 Å². The van der Waals surface area contributed by atoms with Crippen molar-refractivity contribution in [3.63, 3.8) is 0 Å². The lowest BCUT2D eigenvalue weighted by Gasteiger charge is -2.05. The van der Waals surface area contributed by atoms with Crippen molar-refractivity contribution in [3.05, 3.63) is 89.3 Å². The van der Waals surface area contributed by atoms with Gasteiger partial charge in [0.1, 0.15) is 11.5 Å². The third-order valence-corrected chi connectivity index (χ3v) is 5.12. The molecule has 0 aliphatic carbocycles. The molecule has 130 valence electrons. The molecule has 0 saturated carbocycles. The summed E-state index contributed by atoms with van der Waals surface area (Å²) in [5, 5.41) is 6.51. The molecule has 5 heteroatoms. The first-order valence-corrected chi connectivity index (χ1v) is 9.28. The molecule has 0 N–H and O–H groups in total. The van der Waals surface area contributed by atoms with E-state index in [4.69, 9.17) is 5.10 Å². The molecular weight excluding hydrogens is 405 g/mol. The van der Waals surface area contributed by atoms with Gasteiger partial charge in [-0.05, 0) is 42.5 Å². The standard InChI is InChI=1S/C22H13BrFN3/c23-15-8-6-14(7-9-15)21-19-13-25-20-11-10-16(24)12-18(20)22(19)27(26-21)17-4-2-1-3-5-17/h1-13H. The molecule has 3 nitrogen and oxygen atoms in total. The second-order valence-corrected chi connectivity index (χ2v) is 7.20. The van der Waals surface area contributed by atoms with Crippen LogP contribution in [0.5, 0.6) is 0 Å². The van der Waals surface area contributed by atoms with Gasteiger partial charge in [-0.25, -0.2) is 9.07 Å². The Bertz CT molecular complexity index is 1280. The van der Waals surface area contributed by atoms with Gasteiger partial charge in [0.15, 0.2) is 0 Å². The summed E-state index contributed by atoms with van der Waals surface area (Å²) in [6.07, 6.45) is 1.82. The lowest BCUT2D eigenvalue weighted by molar-refractivity contribution is 0.629. The summed E-state index contributed by atoms with van der Waals surface area (Å²) in [5.41, 5.74) is 4.31. The van der Waals surface area contributed by atoms with Crippen LogP contribution in [0.1, 0.15) is 0 Å². The Hall–Kier alpha value is -3.05. The van der Waals surface area contributed by atoms with Gasteiger partial charge in [-0.1, -0.05) is 46.3 Å². The van der Waals surface area contributed by atoms with Crippen molar-refractivity contribution in [1.29, 1.82) is 0 Å². The van der Waals surface area contributed by atoms with Crippen LogP contribution in [-0.2, 0) is 0 Å². The van der Waals surface area contributed by atoms with Crippen molar-refractivity contribution in [2.75, 3.05) is 0 Å². The molecule has 0 amide bonds. The van der Waals surface area contributed by atoms with Crippen LogP contribution in [0.4, 0.5) is 4.39 Å². The molecule has 3 aromatic carbocycles. The van der Waals surface area contributed by atoms with Gasteiger partial charge < -0.3 is 0 Å². The number of benzene rings is 3. The molecule has 0 atom stereocenters. The zero-order valence-electron chi connectivity index (χ0n) is 14.1. The Labute approximate surface area is 163 Å². The van der Waals surface area contributed by atoms with Crippen molar-refractivity contribution in [2.24, 2.45) is 0 Å². The SMILES string of the molecule is Fc1ccc2ncc3c(-c4ccc(Br)cc4)nn(-c4ccccc4)c3c2c1. The Morgan fingerprint density at radius 3 is 2.41 bits per heavy atom. The molecule has 27 heavy (non-hydrogen) atoms. The highest BCUT2D eigenvalue weighted by atomic mass is 79.9. The maximum absolute atomic E-state index is 14.0. The average molecular weight is 418 g/mol. The Balaban J connectivity index is 1.91. The molecule has 0 unspecified atom stereocenters. The molecule has 0 aliphatic heterocycles. The molecule has 0 radical (unpaired) electrons. The highest BCUT2D eigenvalue weighted by molar-refractivity contribution is 9.10. The second-order valence-electron chi connectivity index (χ2n) is 6.28. The summed E-state index contributed by atoms with van der Waals surface area (Å²) < 4.78 is 16.9. The fraction of sp³-hybridized carbons (Fsp3) is 0. The molecule has 0 fully saturated rings. The van der Waals surface area contributed by atoms with Crippen LogP contribution in [0.25, 0.3) is 38.8 Å². The monoisotopic (exact) mass is 417 g/mol. The van der Waals surface area contributed by atoms with Crippen molar-refractivity contribution in [1.82, 2.24) is 14.8 Å². The molecule has 5 rings (SSSR count).